The zero-order chi connectivity index (χ0) is 16.3. The molecule has 7 atom stereocenters. The van der Waals surface area contributed by atoms with Gasteiger partial charge in [-0.15, -0.1) is 0 Å². The van der Waals surface area contributed by atoms with Crippen LogP contribution in [0.3, 0.4) is 0 Å². The highest BCUT2D eigenvalue weighted by molar-refractivity contribution is 5.25. The molecule has 0 aliphatic heterocycles. The van der Waals surface area contributed by atoms with Gasteiger partial charge in [-0.05, 0) is 62.7 Å². The van der Waals surface area contributed by atoms with Gasteiger partial charge in [0.15, 0.2) is 0 Å². The van der Waals surface area contributed by atoms with Crippen LogP contribution in [0.2, 0.25) is 0 Å². The summed E-state index contributed by atoms with van der Waals surface area (Å²) in [7, 11) is 0. The van der Waals surface area contributed by atoms with Crippen molar-refractivity contribution in [2.24, 2.45) is 35.0 Å². The van der Waals surface area contributed by atoms with Crippen molar-refractivity contribution in [2.75, 3.05) is 0 Å². The normalized spacial score (nSPS) is 47.4. The molecule has 2 heteroatoms. The van der Waals surface area contributed by atoms with Crippen LogP contribution in [0.15, 0.2) is 24.3 Å². The van der Waals surface area contributed by atoms with Crippen LogP contribution in [0.1, 0.15) is 53.4 Å². The largest absolute Gasteiger partial charge is 0.393 e. The van der Waals surface area contributed by atoms with E-state index in [1.165, 1.54) is 18.4 Å². The first kappa shape index (κ1) is 16.3. The van der Waals surface area contributed by atoms with Crippen LogP contribution in [0.4, 0.5) is 0 Å². The summed E-state index contributed by atoms with van der Waals surface area (Å²) in [6.07, 6.45) is 8.06. The summed E-state index contributed by atoms with van der Waals surface area (Å²) >= 11 is 0. The second kappa shape index (κ2) is 5.21. The van der Waals surface area contributed by atoms with Crippen LogP contribution in [0, 0.1) is 35.0 Å². The summed E-state index contributed by atoms with van der Waals surface area (Å²) in [4.78, 5) is 0. The molecule has 0 amide bonds. The highest BCUT2D eigenvalue weighted by Crippen LogP contribution is 2.73. The maximum absolute atomic E-state index is 10.7. The van der Waals surface area contributed by atoms with Gasteiger partial charge in [-0.25, -0.2) is 0 Å². The molecule has 3 saturated carbocycles. The summed E-state index contributed by atoms with van der Waals surface area (Å²) in [6, 6.07) is 0. The number of aliphatic hydroxyl groups is 2. The molecule has 0 saturated heterocycles. The Kier molecular flexibility index (Phi) is 3.85. The van der Waals surface area contributed by atoms with Crippen LogP contribution in [0.5, 0.6) is 0 Å². The number of rotatable bonds is 4. The smallest absolute Gasteiger partial charge is 0.0771 e. The monoisotopic (exact) mass is 304 g/mol. The molecule has 124 valence electrons. The summed E-state index contributed by atoms with van der Waals surface area (Å²) in [6.45, 7) is 12.6. The Hall–Kier alpha value is -0.600. The van der Waals surface area contributed by atoms with E-state index in [9.17, 15) is 10.2 Å². The second-order valence-electron chi connectivity index (χ2n) is 8.91. The fraction of sp³-hybridized carbons (Fsp3) is 0.800. The third kappa shape index (κ3) is 2.30. The van der Waals surface area contributed by atoms with Gasteiger partial charge in [0.25, 0.3) is 0 Å². The first-order valence-electron chi connectivity index (χ1n) is 8.92. The van der Waals surface area contributed by atoms with E-state index in [1.807, 2.05) is 12.2 Å². The van der Waals surface area contributed by atoms with E-state index in [4.69, 9.17) is 0 Å². The minimum absolute atomic E-state index is 0.128. The van der Waals surface area contributed by atoms with Gasteiger partial charge < -0.3 is 10.2 Å². The molecule has 0 aromatic carbocycles. The number of fused-ring (bicyclic) bond motifs is 4. The molecule has 3 fully saturated rings. The van der Waals surface area contributed by atoms with E-state index < -0.39 is 5.60 Å². The topological polar surface area (TPSA) is 40.5 Å². The van der Waals surface area contributed by atoms with Gasteiger partial charge in [-0.3, -0.25) is 0 Å². The lowest BCUT2D eigenvalue weighted by Crippen LogP contribution is -2.57. The van der Waals surface area contributed by atoms with Gasteiger partial charge in [-0.2, -0.15) is 0 Å². The van der Waals surface area contributed by atoms with Crippen LogP contribution in [0.25, 0.3) is 0 Å². The highest BCUT2D eigenvalue weighted by atomic mass is 16.3. The third-order valence-electron chi connectivity index (χ3n) is 7.05. The highest BCUT2D eigenvalue weighted by Gasteiger charge is 2.70. The summed E-state index contributed by atoms with van der Waals surface area (Å²) in [5.41, 5.74) is 0.611. The van der Waals surface area contributed by atoms with Crippen molar-refractivity contribution in [3.05, 3.63) is 24.3 Å². The fourth-order valence-corrected chi connectivity index (χ4v) is 5.98. The number of hydrogen-bond acceptors (Lipinski definition) is 2. The minimum Gasteiger partial charge on any atom is -0.393 e. The molecule has 0 aromatic rings. The van der Waals surface area contributed by atoms with Crippen molar-refractivity contribution in [2.45, 2.75) is 65.1 Å². The van der Waals surface area contributed by atoms with Crippen LogP contribution in [-0.4, -0.2) is 21.9 Å². The summed E-state index contributed by atoms with van der Waals surface area (Å²) < 4.78 is 0. The molecule has 0 aromatic heterocycles. The molecule has 0 unspecified atom stereocenters. The lowest BCUT2D eigenvalue weighted by atomic mass is 9.46. The van der Waals surface area contributed by atoms with E-state index in [0.717, 1.165) is 30.6 Å². The van der Waals surface area contributed by atoms with E-state index in [2.05, 4.69) is 20.4 Å². The van der Waals surface area contributed by atoms with Gasteiger partial charge in [0.2, 0.25) is 0 Å². The van der Waals surface area contributed by atoms with Gasteiger partial charge in [0, 0.05) is 5.41 Å². The van der Waals surface area contributed by atoms with E-state index in [0.29, 0.717) is 11.8 Å². The first-order valence-corrected chi connectivity index (χ1v) is 8.92. The molecule has 0 radical (unpaired) electrons. The predicted molar refractivity (Wildman–Crippen MR) is 90.3 cm³/mol. The molecule has 3 rings (SSSR count). The zero-order valence-electron chi connectivity index (χ0n) is 14.5. The second-order valence-corrected chi connectivity index (χ2v) is 8.91. The molecular weight excluding hydrogens is 272 g/mol. The third-order valence-corrected chi connectivity index (χ3v) is 7.05. The average molecular weight is 304 g/mol. The molecule has 0 heterocycles. The summed E-state index contributed by atoms with van der Waals surface area (Å²) in [5.74, 6) is 3.39. The molecule has 3 aliphatic rings. The zero-order valence-corrected chi connectivity index (χ0v) is 14.5. The molecule has 3 aliphatic carbocycles. The van der Waals surface area contributed by atoms with Crippen molar-refractivity contribution in [3.63, 3.8) is 0 Å². The Balaban J connectivity index is 1.73. The Bertz CT molecular complexity index is 486. The number of hydrogen-bond donors (Lipinski definition) is 2. The standard InChI is InChI=1S/C20H32O2/c1-12(7-6-10-19(3,4)22)14-11-16(21)20(5)15-9-8-13(2)17(15)18(14)20/h6,10,13-18,21-22H,1,7-9,11H2,2-5H3/b10-6+/t13-,14+,15+,16-,17-,18+,20+/m1/s1. The molecule has 2 nitrogen and oxygen atoms in total. The lowest BCUT2D eigenvalue weighted by molar-refractivity contribution is -0.142. The van der Waals surface area contributed by atoms with E-state index in [1.54, 1.807) is 13.8 Å². The minimum atomic E-state index is -0.758. The molecule has 0 bridgehead atoms. The summed E-state index contributed by atoms with van der Waals surface area (Å²) in [5, 5.41) is 20.5. The van der Waals surface area contributed by atoms with Crippen LogP contribution >= 0.6 is 0 Å². The molecule has 2 N–H and O–H groups in total. The van der Waals surface area contributed by atoms with Gasteiger partial charge in [0.05, 0.1) is 11.7 Å². The van der Waals surface area contributed by atoms with Crippen molar-refractivity contribution in [1.82, 2.24) is 0 Å². The van der Waals surface area contributed by atoms with Crippen molar-refractivity contribution in [1.29, 1.82) is 0 Å². The van der Waals surface area contributed by atoms with Crippen LogP contribution in [-0.2, 0) is 0 Å². The SMILES string of the molecule is C=C(C/C=C/C(C)(C)O)[C@@H]1C[C@@H](O)[C@@]2(C)[C@@H]1[C@@H]1[C@H](C)CC[C@@H]12. The maximum atomic E-state index is 10.7. The Morgan fingerprint density at radius 1 is 1.36 bits per heavy atom. The van der Waals surface area contributed by atoms with E-state index in [-0.39, 0.29) is 11.5 Å². The van der Waals surface area contributed by atoms with Gasteiger partial charge in [0.1, 0.15) is 0 Å². The fourth-order valence-electron chi connectivity index (χ4n) is 5.98. The van der Waals surface area contributed by atoms with Gasteiger partial charge >= 0.3 is 0 Å². The predicted octanol–water partition coefficient (Wildman–Crippen LogP) is 3.94. The van der Waals surface area contributed by atoms with Crippen molar-refractivity contribution in [3.8, 4) is 0 Å². The molecule has 0 spiro atoms. The van der Waals surface area contributed by atoms with E-state index >= 15 is 0 Å². The molecule has 22 heavy (non-hydrogen) atoms. The van der Waals surface area contributed by atoms with Gasteiger partial charge in [-0.1, -0.05) is 44.6 Å². The van der Waals surface area contributed by atoms with Crippen molar-refractivity contribution >= 4 is 0 Å². The number of allylic oxidation sites excluding steroid dienone is 2. The Morgan fingerprint density at radius 2 is 2.05 bits per heavy atom. The first-order chi connectivity index (χ1) is 10.2. The van der Waals surface area contributed by atoms with Crippen molar-refractivity contribution < 1.29 is 10.2 Å². The lowest BCUT2D eigenvalue weighted by Gasteiger charge is -2.58. The average Bonchev–Trinajstić information content (AvgIpc) is 2.82. The molecular formula is C20H32O2. The maximum Gasteiger partial charge on any atom is 0.0771 e. The number of aliphatic hydroxyl groups excluding tert-OH is 1. The quantitative estimate of drug-likeness (QED) is 0.772. The Labute approximate surface area is 135 Å². The van der Waals surface area contributed by atoms with Crippen LogP contribution < -0.4 is 0 Å². The Morgan fingerprint density at radius 3 is 2.68 bits per heavy atom.